The van der Waals surface area contributed by atoms with Crippen molar-refractivity contribution in [1.82, 2.24) is 4.57 Å². The third-order valence-electron chi connectivity index (χ3n) is 2.94. The van der Waals surface area contributed by atoms with Crippen LogP contribution in [0.4, 0.5) is 0 Å². The molecule has 0 atom stereocenters. The van der Waals surface area contributed by atoms with Crippen LogP contribution in [0, 0.1) is 11.3 Å². The molecule has 0 saturated carbocycles. The number of nitrogens with zero attached hydrogens (tertiary/aromatic N) is 2. The second-order valence-corrected chi connectivity index (χ2v) is 5.88. The van der Waals surface area contributed by atoms with Crippen LogP contribution < -0.4 is 0 Å². The zero-order valence-corrected chi connectivity index (χ0v) is 12.2. The van der Waals surface area contributed by atoms with E-state index in [2.05, 4.69) is 6.07 Å². The summed E-state index contributed by atoms with van der Waals surface area (Å²) in [6.07, 6.45) is 2.01. The molecule has 2 rings (SSSR count). The second kappa shape index (κ2) is 5.01. The second-order valence-electron chi connectivity index (χ2n) is 5.88. The van der Waals surface area contributed by atoms with E-state index in [0.29, 0.717) is 5.56 Å². The zero-order valence-electron chi connectivity index (χ0n) is 12.2. The number of carbonyl (C=O) groups excluding carboxylic acids is 1. The molecule has 1 aromatic carbocycles. The number of aromatic nitrogens is 1. The Balaban J connectivity index is 2.29. The summed E-state index contributed by atoms with van der Waals surface area (Å²) in [6.45, 7) is 5.54. The summed E-state index contributed by atoms with van der Waals surface area (Å²) in [7, 11) is 1.90. The summed E-state index contributed by atoms with van der Waals surface area (Å²) in [5, 5.41) is 9.99. The summed E-state index contributed by atoms with van der Waals surface area (Å²) in [6, 6.07) is 7.88. The Bertz CT molecular complexity index is 700. The lowest BCUT2D eigenvalue weighted by Gasteiger charge is -2.19. The van der Waals surface area contributed by atoms with Gasteiger partial charge in [-0.3, -0.25) is 4.79 Å². The maximum absolute atomic E-state index is 11.8. The number of benzene rings is 1. The standard InChI is InChI=1S/C16H18N2O2/c1-16(2,3)20-15(19)8-11-5-6-14-13(7-11)12(9-17)10-18(14)4/h5-7,10H,8H2,1-4H3. The molecule has 0 N–H and O–H groups in total. The van der Waals surface area contributed by atoms with E-state index in [1.54, 1.807) is 6.20 Å². The van der Waals surface area contributed by atoms with Crippen LogP contribution in [0.15, 0.2) is 24.4 Å². The monoisotopic (exact) mass is 270 g/mol. The van der Waals surface area contributed by atoms with Crippen LogP contribution in [-0.4, -0.2) is 16.1 Å². The van der Waals surface area contributed by atoms with Gasteiger partial charge in [-0.2, -0.15) is 5.26 Å². The van der Waals surface area contributed by atoms with Gasteiger partial charge in [0.05, 0.1) is 12.0 Å². The average Bonchev–Trinajstić information content (AvgIpc) is 2.63. The first-order valence-corrected chi connectivity index (χ1v) is 6.50. The van der Waals surface area contributed by atoms with Gasteiger partial charge in [0.1, 0.15) is 11.7 Å². The average molecular weight is 270 g/mol. The fraction of sp³-hybridized carbons (Fsp3) is 0.375. The van der Waals surface area contributed by atoms with Crippen molar-refractivity contribution in [3.8, 4) is 6.07 Å². The molecule has 0 radical (unpaired) electrons. The van der Waals surface area contributed by atoms with E-state index in [1.807, 2.05) is 50.6 Å². The predicted octanol–water partition coefficient (Wildman–Crippen LogP) is 2.93. The molecule has 4 nitrogen and oxygen atoms in total. The highest BCUT2D eigenvalue weighted by molar-refractivity contribution is 5.88. The number of hydrogen-bond donors (Lipinski definition) is 0. The van der Waals surface area contributed by atoms with Crippen LogP contribution >= 0.6 is 0 Å². The summed E-state index contributed by atoms with van der Waals surface area (Å²) in [5.41, 5.74) is 1.98. The molecule has 104 valence electrons. The highest BCUT2D eigenvalue weighted by Crippen LogP contribution is 2.22. The summed E-state index contributed by atoms with van der Waals surface area (Å²) >= 11 is 0. The largest absolute Gasteiger partial charge is 0.460 e. The van der Waals surface area contributed by atoms with Gasteiger partial charge >= 0.3 is 5.97 Å². The Kier molecular flexibility index (Phi) is 3.54. The first kappa shape index (κ1) is 14.1. The van der Waals surface area contributed by atoms with Crippen LogP contribution in [0.1, 0.15) is 31.9 Å². The van der Waals surface area contributed by atoms with E-state index < -0.39 is 5.60 Å². The lowest BCUT2D eigenvalue weighted by molar-refractivity contribution is -0.153. The molecule has 0 saturated heterocycles. The quantitative estimate of drug-likeness (QED) is 0.788. The van der Waals surface area contributed by atoms with Crippen molar-refractivity contribution in [2.45, 2.75) is 32.8 Å². The van der Waals surface area contributed by atoms with Crippen molar-refractivity contribution in [2.75, 3.05) is 0 Å². The lowest BCUT2D eigenvalue weighted by atomic mass is 10.1. The molecule has 0 aliphatic carbocycles. The van der Waals surface area contributed by atoms with Crippen molar-refractivity contribution < 1.29 is 9.53 Å². The highest BCUT2D eigenvalue weighted by Gasteiger charge is 2.17. The number of fused-ring (bicyclic) bond motifs is 1. The van der Waals surface area contributed by atoms with E-state index in [0.717, 1.165) is 16.5 Å². The molecule has 1 aromatic heterocycles. The van der Waals surface area contributed by atoms with E-state index >= 15 is 0 Å². The van der Waals surface area contributed by atoms with E-state index in [4.69, 9.17) is 10.00 Å². The summed E-state index contributed by atoms with van der Waals surface area (Å²) < 4.78 is 7.21. The maximum Gasteiger partial charge on any atom is 0.310 e. The Morgan fingerprint density at radius 1 is 1.40 bits per heavy atom. The van der Waals surface area contributed by atoms with Crippen LogP contribution in [0.3, 0.4) is 0 Å². The van der Waals surface area contributed by atoms with Crippen molar-refractivity contribution in [3.63, 3.8) is 0 Å². The molecule has 4 heteroatoms. The minimum absolute atomic E-state index is 0.215. The van der Waals surface area contributed by atoms with Gasteiger partial charge in [0, 0.05) is 24.1 Å². The van der Waals surface area contributed by atoms with E-state index in [-0.39, 0.29) is 12.4 Å². The minimum Gasteiger partial charge on any atom is -0.460 e. The number of carbonyl (C=O) groups is 1. The van der Waals surface area contributed by atoms with Gasteiger partial charge in [-0.25, -0.2) is 0 Å². The number of nitriles is 1. The molecule has 2 aromatic rings. The fourth-order valence-electron chi connectivity index (χ4n) is 2.18. The molecule has 20 heavy (non-hydrogen) atoms. The number of aryl methyl sites for hydroxylation is 1. The number of esters is 1. The molecule has 0 unspecified atom stereocenters. The van der Waals surface area contributed by atoms with Crippen molar-refractivity contribution in [1.29, 1.82) is 5.26 Å². The van der Waals surface area contributed by atoms with Gasteiger partial charge in [-0.15, -0.1) is 0 Å². The van der Waals surface area contributed by atoms with Crippen LogP contribution in [0.5, 0.6) is 0 Å². The molecule has 0 fully saturated rings. The van der Waals surface area contributed by atoms with Crippen molar-refractivity contribution in [2.24, 2.45) is 7.05 Å². The Labute approximate surface area is 118 Å². The van der Waals surface area contributed by atoms with Gasteiger partial charge in [0.2, 0.25) is 0 Å². The Morgan fingerprint density at radius 3 is 2.70 bits per heavy atom. The maximum atomic E-state index is 11.8. The third-order valence-corrected chi connectivity index (χ3v) is 2.94. The van der Waals surface area contributed by atoms with Crippen LogP contribution in [-0.2, 0) is 23.0 Å². The molecule has 0 aliphatic heterocycles. The predicted molar refractivity (Wildman–Crippen MR) is 77.2 cm³/mol. The summed E-state index contributed by atoms with van der Waals surface area (Å²) in [5.74, 6) is -0.258. The number of ether oxygens (including phenoxy) is 1. The first-order chi connectivity index (χ1) is 9.30. The Hall–Kier alpha value is -2.28. The normalized spacial score (nSPS) is 11.3. The fourth-order valence-corrected chi connectivity index (χ4v) is 2.18. The SMILES string of the molecule is Cn1cc(C#N)c2cc(CC(=O)OC(C)(C)C)ccc21. The third kappa shape index (κ3) is 3.00. The van der Waals surface area contributed by atoms with E-state index in [1.165, 1.54) is 0 Å². The van der Waals surface area contributed by atoms with Crippen LogP contribution in [0.2, 0.25) is 0 Å². The summed E-state index contributed by atoms with van der Waals surface area (Å²) in [4.78, 5) is 11.8. The van der Waals surface area contributed by atoms with Gasteiger partial charge < -0.3 is 9.30 Å². The van der Waals surface area contributed by atoms with Gasteiger partial charge in [0.25, 0.3) is 0 Å². The molecule has 0 bridgehead atoms. The van der Waals surface area contributed by atoms with Crippen LogP contribution in [0.25, 0.3) is 10.9 Å². The van der Waals surface area contributed by atoms with Crippen molar-refractivity contribution in [3.05, 3.63) is 35.5 Å². The Morgan fingerprint density at radius 2 is 2.10 bits per heavy atom. The molecule has 1 heterocycles. The molecule has 0 amide bonds. The van der Waals surface area contributed by atoms with Crippen molar-refractivity contribution >= 4 is 16.9 Å². The molecular weight excluding hydrogens is 252 g/mol. The topological polar surface area (TPSA) is 55.0 Å². The number of rotatable bonds is 2. The molecule has 0 spiro atoms. The molecule has 0 aliphatic rings. The smallest absolute Gasteiger partial charge is 0.310 e. The van der Waals surface area contributed by atoms with Gasteiger partial charge in [-0.05, 0) is 38.5 Å². The molecular formula is C16H18N2O2. The minimum atomic E-state index is -0.480. The first-order valence-electron chi connectivity index (χ1n) is 6.50. The van der Waals surface area contributed by atoms with Gasteiger partial charge in [0.15, 0.2) is 0 Å². The van der Waals surface area contributed by atoms with Gasteiger partial charge in [-0.1, -0.05) is 6.07 Å². The van der Waals surface area contributed by atoms with E-state index in [9.17, 15) is 4.79 Å². The lowest BCUT2D eigenvalue weighted by Crippen LogP contribution is -2.24. The zero-order chi connectivity index (χ0) is 14.9. The highest BCUT2D eigenvalue weighted by atomic mass is 16.6. The number of hydrogen-bond acceptors (Lipinski definition) is 3.